The highest BCUT2D eigenvalue weighted by molar-refractivity contribution is 6.05. The number of hydrogen-bond donors (Lipinski definition) is 0. The number of esters is 1. The lowest BCUT2D eigenvalue weighted by Gasteiger charge is -2.46. The lowest BCUT2D eigenvalue weighted by Crippen LogP contribution is -2.62. The molecule has 3 heterocycles. The Morgan fingerprint density at radius 2 is 2.33 bits per heavy atom. The number of fused-ring (bicyclic) bond motifs is 3. The van der Waals surface area contributed by atoms with Gasteiger partial charge in [-0.05, 0) is 26.7 Å². The number of carbonyl (C=O) groups is 2. The number of nitrogens with zero attached hydrogens (tertiary/aromatic N) is 1. The van der Waals surface area contributed by atoms with Crippen molar-refractivity contribution in [1.82, 2.24) is 4.90 Å². The molecule has 3 rings (SSSR count). The monoisotopic (exact) mass is 211 g/mol. The molecule has 4 heteroatoms. The van der Waals surface area contributed by atoms with Crippen LogP contribution in [0.15, 0.2) is 0 Å². The minimum Gasteiger partial charge on any atom is -0.464 e. The SMILES string of the molecule is CCOC(=O)C1C(=O)C2CCN1C(C)C2. The summed E-state index contributed by atoms with van der Waals surface area (Å²) in [5.41, 5.74) is 0. The van der Waals surface area contributed by atoms with Crippen LogP contribution < -0.4 is 0 Å². The molecule has 0 amide bonds. The quantitative estimate of drug-likeness (QED) is 0.495. The van der Waals surface area contributed by atoms with E-state index in [-0.39, 0.29) is 17.7 Å². The molecular weight excluding hydrogens is 194 g/mol. The van der Waals surface area contributed by atoms with Crippen LogP contribution in [0.4, 0.5) is 0 Å². The van der Waals surface area contributed by atoms with Gasteiger partial charge in [-0.3, -0.25) is 9.69 Å². The fourth-order valence-corrected chi connectivity index (χ4v) is 2.69. The van der Waals surface area contributed by atoms with Crippen LogP contribution in [0.1, 0.15) is 26.7 Å². The van der Waals surface area contributed by atoms with Gasteiger partial charge in [0.15, 0.2) is 11.8 Å². The molecule has 3 aliphatic heterocycles. The Morgan fingerprint density at radius 3 is 2.93 bits per heavy atom. The first kappa shape index (κ1) is 10.6. The molecule has 0 radical (unpaired) electrons. The van der Waals surface area contributed by atoms with Gasteiger partial charge in [0, 0.05) is 18.5 Å². The van der Waals surface area contributed by atoms with Gasteiger partial charge in [0.2, 0.25) is 0 Å². The fourth-order valence-electron chi connectivity index (χ4n) is 2.69. The second kappa shape index (κ2) is 3.93. The highest BCUT2D eigenvalue weighted by Crippen LogP contribution is 2.33. The van der Waals surface area contributed by atoms with E-state index in [1.54, 1.807) is 6.92 Å². The molecule has 4 nitrogen and oxygen atoms in total. The van der Waals surface area contributed by atoms with E-state index in [1.165, 1.54) is 0 Å². The molecule has 3 aliphatic rings. The second-order valence-corrected chi connectivity index (χ2v) is 4.37. The summed E-state index contributed by atoms with van der Waals surface area (Å²) in [6.07, 6.45) is 1.80. The summed E-state index contributed by atoms with van der Waals surface area (Å²) in [6, 6.07) is -0.289. The molecule has 3 saturated heterocycles. The number of hydrogen-bond acceptors (Lipinski definition) is 4. The maximum atomic E-state index is 11.9. The van der Waals surface area contributed by atoms with Crippen LogP contribution in [0.5, 0.6) is 0 Å². The first-order valence-corrected chi connectivity index (χ1v) is 5.61. The highest BCUT2D eigenvalue weighted by Gasteiger charge is 2.48. The highest BCUT2D eigenvalue weighted by atomic mass is 16.5. The van der Waals surface area contributed by atoms with E-state index in [2.05, 4.69) is 6.92 Å². The second-order valence-electron chi connectivity index (χ2n) is 4.37. The van der Waals surface area contributed by atoms with Gasteiger partial charge in [0.1, 0.15) is 0 Å². The molecule has 2 bridgehead atoms. The van der Waals surface area contributed by atoms with Crippen molar-refractivity contribution in [2.75, 3.05) is 13.2 Å². The van der Waals surface area contributed by atoms with Gasteiger partial charge in [-0.1, -0.05) is 0 Å². The molecule has 15 heavy (non-hydrogen) atoms. The Hall–Kier alpha value is -0.900. The molecule has 0 aromatic carbocycles. The normalized spacial score (nSPS) is 39.2. The van der Waals surface area contributed by atoms with E-state index in [1.807, 2.05) is 4.90 Å². The summed E-state index contributed by atoms with van der Waals surface area (Å²) in [5, 5.41) is 0. The Kier molecular flexibility index (Phi) is 2.78. The zero-order valence-electron chi connectivity index (χ0n) is 9.23. The lowest BCUT2D eigenvalue weighted by atomic mass is 9.78. The van der Waals surface area contributed by atoms with Crippen LogP contribution in [-0.2, 0) is 14.3 Å². The summed E-state index contributed by atoms with van der Waals surface area (Å²) < 4.78 is 4.95. The third-order valence-electron chi connectivity index (χ3n) is 3.44. The molecule has 0 saturated carbocycles. The van der Waals surface area contributed by atoms with E-state index in [0.717, 1.165) is 19.4 Å². The van der Waals surface area contributed by atoms with Crippen molar-refractivity contribution in [1.29, 1.82) is 0 Å². The molecule has 4 unspecified atom stereocenters. The minimum absolute atomic E-state index is 0.0674. The average molecular weight is 211 g/mol. The topological polar surface area (TPSA) is 46.6 Å². The maximum Gasteiger partial charge on any atom is 0.331 e. The Balaban J connectivity index is 2.16. The van der Waals surface area contributed by atoms with Gasteiger partial charge in [-0.25, -0.2) is 4.79 Å². The van der Waals surface area contributed by atoms with Gasteiger partial charge in [0.05, 0.1) is 6.61 Å². The molecular formula is C11H17NO3. The number of piperidine rings is 3. The van der Waals surface area contributed by atoms with E-state index >= 15 is 0 Å². The summed E-state index contributed by atoms with van der Waals surface area (Å²) in [4.78, 5) is 25.6. The van der Waals surface area contributed by atoms with Crippen molar-refractivity contribution in [3.8, 4) is 0 Å². The van der Waals surface area contributed by atoms with Crippen LogP contribution in [0, 0.1) is 5.92 Å². The van der Waals surface area contributed by atoms with E-state index in [4.69, 9.17) is 4.74 Å². The first-order chi connectivity index (χ1) is 7.15. The summed E-state index contributed by atoms with van der Waals surface area (Å²) in [7, 11) is 0. The smallest absolute Gasteiger partial charge is 0.331 e. The molecule has 0 aromatic rings. The fraction of sp³-hybridized carbons (Fsp3) is 0.818. The van der Waals surface area contributed by atoms with E-state index in [9.17, 15) is 9.59 Å². The van der Waals surface area contributed by atoms with Gasteiger partial charge in [-0.15, -0.1) is 0 Å². The lowest BCUT2D eigenvalue weighted by molar-refractivity contribution is -0.162. The predicted molar refractivity (Wildman–Crippen MR) is 54.3 cm³/mol. The van der Waals surface area contributed by atoms with Crippen LogP contribution in [-0.4, -0.2) is 41.9 Å². The molecule has 4 atom stereocenters. The molecule has 0 aromatic heterocycles. The number of ether oxygens (including phenoxy) is 1. The van der Waals surface area contributed by atoms with E-state index in [0.29, 0.717) is 12.6 Å². The van der Waals surface area contributed by atoms with Gasteiger partial charge < -0.3 is 4.74 Å². The van der Waals surface area contributed by atoms with Crippen molar-refractivity contribution in [2.45, 2.75) is 38.8 Å². The van der Waals surface area contributed by atoms with Crippen LogP contribution >= 0.6 is 0 Å². The zero-order chi connectivity index (χ0) is 11.0. The van der Waals surface area contributed by atoms with Crippen LogP contribution in [0.2, 0.25) is 0 Å². The summed E-state index contributed by atoms with van der Waals surface area (Å²) >= 11 is 0. The summed E-state index contributed by atoms with van der Waals surface area (Å²) in [5.74, 6) is -0.212. The molecule has 84 valence electrons. The maximum absolute atomic E-state index is 11.9. The largest absolute Gasteiger partial charge is 0.464 e. The van der Waals surface area contributed by atoms with Crippen LogP contribution in [0.25, 0.3) is 0 Å². The van der Waals surface area contributed by atoms with Gasteiger partial charge >= 0.3 is 5.97 Å². The van der Waals surface area contributed by atoms with Crippen molar-refractivity contribution in [3.63, 3.8) is 0 Å². The molecule has 0 spiro atoms. The van der Waals surface area contributed by atoms with Gasteiger partial charge in [-0.2, -0.15) is 0 Å². The third kappa shape index (κ3) is 1.67. The zero-order valence-corrected chi connectivity index (χ0v) is 9.23. The molecule has 0 aliphatic carbocycles. The Morgan fingerprint density at radius 1 is 1.60 bits per heavy atom. The Bertz CT molecular complexity index is 290. The van der Waals surface area contributed by atoms with Crippen LogP contribution in [0.3, 0.4) is 0 Å². The molecule has 0 N–H and O–H groups in total. The first-order valence-electron chi connectivity index (χ1n) is 5.61. The van der Waals surface area contributed by atoms with Crippen molar-refractivity contribution in [2.24, 2.45) is 5.92 Å². The predicted octanol–water partition coefficient (Wildman–Crippen LogP) is 0.601. The molecule has 3 fully saturated rings. The number of ketones is 1. The third-order valence-corrected chi connectivity index (χ3v) is 3.44. The standard InChI is InChI=1S/C11H17NO3/c1-3-15-11(14)9-10(13)8-4-5-12(9)7(2)6-8/h7-9H,3-6H2,1-2H3. The Labute approximate surface area is 89.6 Å². The van der Waals surface area contributed by atoms with Crippen molar-refractivity contribution >= 4 is 11.8 Å². The number of carbonyl (C=O) groups excluding carboxylic acids is 2. The number of Topliss-reactive ketones (excluding diaryl/α,β-unsaturated/α-hetero) is 1. The summed E-state index contributed by atoms with van der Waals surface area (Å²) in [6.45, 7) is 5.03. The van der Waals surface area contributed by atoms with Crippen molar-refractivity contribution < 1.29 is 14.3 Å². The van der Waals surface area contributed by atoms with E-state index < -0.39 is 6.04 Å². The average Bonchev–Trinajstić information content (AvgIpc) is 2.20. The van der Waals surface area contributed by atoms with Crippen molar-refractivity contribution in [3.05, 3.63) is 0 Å². The number of rotatable bonds is 2. The van der Waals surface area contributed by atoms with Gasteiger partial charge in [0.25, 0.3) is 0 Å². The minimum atomic E-state index is -0.618.